The van der Waals surface area contributed by atoms with Crippen molar-refractivity contribution in [1.82, 2.24) is 14.8 Å². The summed E-state index contributed by atoms with van der Waals surface area (Å²) < 4.78 is 15.4. The molecule has 5 rings (SSSR count). The van der Waals surface area contributed by atoms with Crippen LogP contribution >= 0.6 is 23.4 Å². The maximum atomic E-state index is 13.8. The zero-order chi connectivity index (χ0) is 24.5. The third kappa shape index (κ3) is 4.66. The molecule has 1 atom stereocenters. The Kier molecular flexibility index (Phi) is 6.54. The second kappa shape index (κ2) is 9.76. The summed E-state index contributed by atoms with van der Waals surface area (Å²) >= 11 is 7.51. The normalized spacial score (nSPS) is 15.7. The number of nitrogens with zero attached hydrogens (tertiary/aromatic N) is 2. The predicted octanol–water partition coefficient (Wildman–Crippen LogP) is 5.46. The van der Waals surface area contributed by atoms with E-state index in [1.54, 1.807) is 29.2 Å². The molecular formula is C27H23ClFN3O2S. The van der Waals surface area contributed by atoms with Crippen molar-refractivity contribution in [2.24, 2.45) is 7.05 Å². The molecule has 0 radical (unpaired) electrons. The molecule has 1 aliphatic rings. The Hall–Kier alpha value is -3.29. The van der Waals surface area contributed by atoms with Gasteiger partial charge in [-0.25, -0.2) is 4.39 Å². The Morgan fingerprint density at radius 1 is 1.06 bits per heavy atom. The Morgan fingerprint density at radius 2 is 1.74 bits per heavy atom. The number of hydrogen-bond acceptors (Lipinski definition) is 3. The van der Waals surface area contributed by atoms with Crippen LogP contribution in [-0.2, 0) is 29.7 Å². The van der Waals surface area contributed by atoms with Crippen LogP contribution in [0.15, 0.2) is 77.8 Å². The topological polar surface area (TPSA) is 54.3 Å². The van der Waals surface area contributed by atoms with Crippen LogP contribution in [0.3, 0.4) is 0 Å². The van der Waals surface area contributed by atoms with E-state index in [0.29, 0.717) is 5.02 Å². The lowest BCUT2D eigenvalue weighted by Gasteiger charge is -2.30. The third-order valence-electron chi connectivity index (χ3n) is 6.22. The number of amides is 2. The SMILES string of the molecule is Cn1c2c(c3ccccc31)[C@@H](C(=O)NCc1ccc(F)cc1)N(Cc1ccc(Cl)cc1)C(=O)CS2. The molecule has 0 unspecified atom stereocenters. The number of halogens is 2. The van der Waals surface area contributed by atoms with E-state index in [9.17, 15) is 14.0 Å². The summed E-state index contributed by atoms with van der Waals surface area (Å²) in [6.07, 6.45) is 0. The number of benzene rings is 3. The standard InChI is InChI=1S/C27H23ClFN3O2S/c1-31-22-5-3-2-4-21(22)24-25(26(34)30-14-17-8-12-20(29)13-9-17)32(23(33)16-35-27(24)31)15-18-6-10-19(28)11-7-18/h2-13,25H,14-16H2,1H3,(H,30,34)/t25-/m0/s1. The van der Waals surface area contributed by atoms with Crippen molar-refractivity contribution in [3.8, 4) is 0 Å². The average molecular weight is 508 g/mol. The molecule has 0 saturated heterocycles. The van der Waals surface area contributed by atoms with Gasteiger partial charge in [-0.15, -0.1) is 0 Å². The Bertz CT molecular complexity index is 1400. The third-order valence-corrected chi connectivity index (χ3v) is 7.63. The lowest BCUT2D eigenvalue weighted by Crippen LogP contribution is -2.43. The van der Waals surface area contributed by atoms with Crippen LogP contribution in [0.1, 0.15) is 22.7 Å². The molecule has 5 nitrogen and oxygen atoms in total. The Labute approximate surface area is 211 Å². The predicted molar refractivity (Wildman–Crippen MR) is 137 cm³/mol. The molecule has 0 fully saturated rings. The first kappa shape index (κ1) is 23.5. The zero-order valence-corrected chi connectivity index (χ0v) is 20.6. The van der Waals surface area contributed by atoms with Gasteiger partial charge in [-0.05, 0) is 41.5 Å². The van der Waals surface area contributed by atoms with Crippen molar-refractivity contribution in [2.45, 2.75) is 24.2 Å². The van der Waals surface area contributed by atoms with Gasteiger partial charge in [0.15, 0.2) is 0 Å². The number of nitrogens with one attached hydrogen (secondary N) is 1. The van der Waals surface area contributed by atoms with Gasteiger partial charge in [-0.2, -0.15) is 0 Å². The molecule has 0 spiro atoms. The number of carbonyl (C=O) groups excluding carboxylic acids is 2. The van der Waals surface area contributed by atoms with Gasteiger partial charge in [0, 0.05) is 41.6 Å². The molecule has 35 heavy (non-hydrogen) atoms. The summed E-state index contributed by atoms with van der Waals surface area (Å²) in [6.45, 7) is 0.500. The molecule has 1 aromatic heterocycles. The number of para-hydroxylation sites is 1. The Balaban J connectivity index is 1.57. The highest BCUT2D eigenvalue weighted by Crippen LogP contribution is 2.42. The van der Waals surface area contributed by atoms with Crippen molar-refractivity contribution < 1.29 is 14.0 Å². The van der Waals surface area contributed by atoms with Crippen LogP contribution in [0, 0.1) is 5.82 Å². The van der Waals surface area contributed by atoms with Gasteiger partial charge in [0.1, 0.15) is 11.9 Å². The average Bonchev–Trinajstić information content (AvgIpc) is 3.05. The maximum Gasteiger partial charge on any atom is 0.247 e. The van der Waals surface area contributed by atoms with Crippen molar-refractivity contribution in [1.29, 1.82) is 0 Å². The number of aromatic nitrogens is 1. The highest BCUT2D eigenvalue weighted by Gasteiger charge is 2.38. The molecule has 4 aromatic rings. The molecule has 1 N–H and O–H groups in total. The fourth-order valence-electron chi connectivity index (χ4n) is 4.48. The van der Waals surface area contributed by atoms with Crippen LogP contribution in [0.5, 0.6) is 0 Å². The van der Waals surface area contributed by atoms with E-state index >= 15 is 0 Å². The number of aryl methyl sites for hydroxylation is 1. The van der Waals surface area contributed by atoms with Crippen LogP contribution < -0.4 is 5.32 Å². The van der Waals surface area contributed by atoms with Crippen molar-refractivity contribution in [3.05, 3.63) is 100 Å². The summed E-state index contributed by atoms with van der Waals surface area (Å²) in [5, 5.41) is 5.43. The summed E-state index contributed by atoms with van der Waals surface area (Å²) in [5.74, 6) is -0.503. The zero-order valence-electron chi connectivity index (χ0n) is 19.0. The summed E-state index contributed by atoms with van der Waals surface area (Å²) in [4.78, 5) is 28.8. The molecule has 178 valence electrons. The summed E-state index contributed by atoms with van der Waals surface area (Å²) in [7, 11) is 1.96. The molecular weight excluding hydrogens is 485 g/mol. The van der Waals surface area contributed by atoms with Gasteiger partial charge in [0.2, 0.25) is 11.8 Å². The lowest BCUT2D eigenvalue weighted by molar-refractivity contribution is -0.139. The van der Waals surface area contributed by atoms with Gasteiger partial charge < -0.3 is 14.8 Å². The fraction of sp³-hybridized carbons (Fsp3) is 0.185. The number of carbonyl (C=O) groups is 2. The lowest BCUT2D eigenvalue weighted by atomic mass is 10.0. The van der Waals surface area contributed by atoms with E-state index in [4.69, 9.17) is 11.6 Å². The van der Waals surface area contributed by atoms with E-state index in [0.717, 1.165) is 32.6 Å². The molecule has 2 heterocycles. The molecule has 0 aliphatic carbocycles. The van der Waals surface area contributed by atoms with E-state index in [-0.39, 0.29) is 36.5 Å². The van der Waals surface area contributed by atoms with Gasteiger partial charge in [0.05, 0.1) is 10.8 Å². The molecule has 1 aliphatic heterocycles. The maximum absolute atomic E-state index is 13.8. The number of thioether (sulfide) groups is 1. The van der Waals surface area contributed by atoms with Crippen molar-refractivity contribution in [2.75, 3.05) is 5.75 Å². The smallest absolute Gasteiger partial charge is 0.247 e. The molecule has 2 amide bonds. The fourth-order valence-corrected chi connectivity index (χ4v) is 5.70. The van der Waals surface area contributed by atoms with Crippen LogP contribution in [-0.4, -0.2) is 27.0 Å². The summed E-state index contributed by atoms with van der Waals surface area (Å²) in [6, 6.07) is 20.4. The van der Waals surface area contributed by atoms with Crippen LogP contribution in [0.4, 0.5) is 4.39 Å². The van der Waals surface area contributed by atoms with Gasteiger partial charge in [-0.3, -0.25) is 9.59 Å². The van der Waals surface area contributed by atoms with Gasteiger partial charge in [-0.1, -0.05) is 65.8 Å². The van der Waals surface area contributed by atoms with Crippen molar-refractivity contribution >= 4 is 46.1 Å². The van der Waals surface area contributed by atoms with Gasteiger partial charge >= 0.3 is 0 Å². The summed E-state index contributed by atoms with van der Waals surface area (Å²) in [5.41, 5.74) is 3.48. The second-order valence-corrected chi connectivity index (χ2v) is 9.88. The van der Waals surface area contributed by atoms with Crippen LogP contribution in [0.2, 0.25) is 5.02 Å². The first-order valence-electron chi connectivity index (χ1n) is 11.2. The molecule has 3 aromatic carbocycles. The van der Waals surface area contributed by atoms with E-state index in [2.05, 4.69) is 9.88 Å². The highest BCUT2D eigenvalue weighted by molar-refractivity contribution is 8.00. The van der Waals surface area contributed by atoms with E-state index < -0.39 is 6.04 Å². The monoisotopic (exact) mass is 507 g/mol. The number of fused-ring (bicyclic) bond motifs is 3. The highest BCUT2D eigenvalue weighted by atomic mass is 35.5. The first-order chi connectivity index (χ1) is 16.9. The van der Waals surface area contributed by atoms with Crippen LogP contribution in [0.25, 0.3) is 10.9 Å². The Morgan fingerprint density at radius 3 is 2.49 bits per heavy atom. The molecule has 8 heteroatoms. The number of rotatable bonds is 5. The van der Waals surface area contributed by atoms with E-state index in [1.165, 1.54) is 23.9 Å². The molecule has 0 saturated carbocycles. The minimum atomic E-state index is -0.824. The second-order valence-electron chi connectivity index (χ2n) is 8.48. The van der Waals surface area contributed by atoms with E-state index in [1.807, 2.05) is 43.4 Å². The minimum absolute atomic E-state index is 0.118. The first-order valence-corrected chi connectivity index (χ1v) is 12.5. The minimum Gasteiger partial charge on any atom is -0.350 e. The molecule has 0 bridgehead atoms. The van der Waals surface area contributed by atoms with Crippen molar-refractivity contribution in [3.63, 3.8) is 0 Å². The van der Waals surface area contributed by atoms with Gasteiger partial charge in [0.25, 0.3) is 0 Å². The largest absolute Gasteiger partial charge is 0.350 e. The quantitative estimate of drug-likeness (QED) is 0.390. The number of hydrogen-bond donors (Lipinski definition) is 1.